The first-order valence-corrected chi connectivity index (χ1v) is 4.88. The molecule has 1 aromatic heterocycles. The number of esters is 1. The molecule has 16 heavy (non-hydrogen) atoms. The largest absolute Gasteiger partial charge is 0.427 e. The smallest absolute Gasteiger partial charge is 0.308 e. The highest BCUT2D eigenvalue weighted by Gasteiger charge is 2.08. The highest BCUT2D eigenvalue weighted by atomic mass is 35.5. The van der Waals surface area contributed by atoms with E-state index in [-0.39, 0.29) is 16.4 Å². The zero-order valence-electron chi connectivity index (χ0n) is 8.33. The van der Waals surface area contributed by atoms with Gasteiger partial charge < -0.3 is 4.74 Å². The molecule has 5 heteroatoms. The minimum absolute atomic E-state index is 0.154. The van der Waals surface area contributed by atoms with Crippen LogP contribution in [0.2, 0.25) is 5.15 Å². The second kappa shape index (κ2) is 4.06. The Labute approximate surface area is 95.8 Å². The fourth-order valence-corrected chi connectivity index (χ4v) is 1.51. The number of benzene rings is 1. The lowest BCUT2D eigenvalue weighted by molar-refractivity contribution is -0.131. The van der Waals surface area contributed by atoms with Crippen LogP contribution >= 0.6 is 11.6 Å². The van der Waals surface area contributed by atoms with E-state index in [1.807, 2.05) is 0 Å². The minimum atomic E-state index is -0.573. The van der Waals surface area contributed by atoms with Crippen LogP contribution in [0, 0.1) is 5.82 Å². The molecule has 1 heterocycles. The summed E-state index contributed by atoms with van der Waals surface area (Å²) in [7, 11) is 0. The molecule has 2 aromatic rings. The number of nitrogens with zero attached hydrogens (tertiary/aromatic N) is 1. The SMILES string of the molecule is CC(=O)Oc1cc(F)c2nc(Cl)ccc2c1. The van der Waals surface area contributed by atoms with E-state index in [1.54, 1.807) is 12.1 Å². The van der Waals surface area contributed by atoms with Crippen LogP contribution in [-0.4, -0.2) is 11.0 Å². The maximum absolute atomic E-state index is 13.6. The predicted octanol–water partition coefficient (Wildman–Crippen LogP) is 2.95. The van der Waals surface area contributed by atoms with Crippen LogP contribution < -0.4 is 4.74 Å². The first kappa shape index (κ1) is 10.8. The molecular formula is C11H7ClFNO2. The summed E-state index contributed by atoms with van der Waals surface area (Å²) in [4.78, 5) is 14.6. The predicted molar refractivity (Wildman–Crippen MR) is 58.0 cm³/mol. The van der Waals surface area contributed by atoms with Gasteiger partial charge in [-0.15, -0.1) is 0 Å². The molecule has 0 saturated heterocycles. The van der Waals surface area contributed by atoms with Crippen LogP contribution in [0.3, 0.4) is 0 Å². The maximum Gasteiger partial charge on any atom is 0.308 e. The monoisotopic (exact) mass is 239 g/mol. The van der Waals surface area contributed by atoms with Gasteiger partial charge in [0.25, 0.3) is 0 Å². The molecule has 0 aliphatic heterocycles. The van der Waals surface area contributed by atoms with Crippen LogP contribution in [0.15, 0.2) is 24.3 Å². The second-order valence-electron chi connectivity index (χ2n) is 3.20. The lowest BCUT2D eigenvalue weighted by atomic mass is 10.2. The van der Waals surface area contributed by atoms with Crippen LogP contribution in [0.5, 0.6) is 5.75 Å². The van der Waals surface area contributed by atoms with Gasteiger partial charge in [-0.1, -0.05) is 11.6 Å². The molecule has 0 bridgehead atoms. The molecule has 0 aliphatic carbocycles. The van der Waals surface area contributed by atoms with Crippen LogP contribution in [0.1, 0.15) is 6.92 Å². The Morgan fingerprint density at radius 3 is 2.88 bits per heavy atom. The van der Waals surface area contributed by atoms with Gasteiger partial charge in [-0.25, -0.2) is 9.37 Å². The molecule has 0 spiro atoms. The Bertz CT molecular complexity index is 571. The zero-order chi connectivity index (χ0) is 11.7. The van der Waals surface area contributed by atoms with Crippen LogP contribution in [-0.2, 0) is 4.79 Å². The summed E-state index contributed by atoms with van der Waals surface area (Å²) in [6.07, 6.45) is 0. The number of aromatic nitrogens is 1. The zero-order valence-corrected chi connectivity index (χ0v) is 9.08. The van der Waals surface area contributed by atoms with Gasteiger partial charge in [-0.05, 0) is 18.2 Å². The van der Waals surface area contributed by atoms with E-state index < -0.39 is 11.8 Å². The molecule has 0 unspecified atom stereocenters. The molecule has 0 amide bonds. The highest BCUT2D eigenvalue weighted by molar-refractivity contribution is 6.29. The Hall–Kier alpha value is -1.68. The normalized spacial score (nSPS) is 10.4. The molecule has 0 saturated carbocycles. The van der Waals surface area contributed by atoms with E-state index >= 15 is 0 Å². The van der Waals surface area contributed by atoms with Crippen molar-refractivity contribution in [2.45, 2.75) is 6.92 Å². The van der Waals surface area contributed by atoms with E-state index in [0.29, 0.717) is 5.39 Å². The molecule has 0 aliphatic rings. The van der Waals surface area contributed by atoms with Gasteiger partial charge in [0.2, 0.25) is 0 Å². The average molecular weight is 240 g/mol. The standard InChI is InChI=1S/C11H7ClFNO2/c1-6(15)16-8-4-7-2-3-10(12)14-11(7)9(13)5-8/h2-5H,1H3. The molecule has 0 N–H and O–H groups in total. The van der Waals surface area contributed by atoms with Crippen molar-refractivity contribution in [3.63, 3.8) is 0 Å². The molecular weight excluding hydrogens is 233 g/mol. The number of pyridine rings is 1. The summed E-state index contributed by atoms with van der Waals surface area (Å²) in [5, 5.41) is 0.743. The Kier molecular flexibility index (Phi) is 2.75. The lowest BCUT2D eigenvalue weighted by Crippen LogP contribution is -2.01. The maximum atomic E-state index is 13.6. The van der Waals surface area contributed by atoms with E-state index in [0.717, 1.165) is 6.07 Å². The topological polar surface area (TPSA) is 39.2 Å². The van der Waals surface area contributed by atoms with Crippen LogP contribution in [0.4, 0.5) is 4.39 Å². The van der Waals surface area contributed by atoms with Gasteiger partial charge in [0, 0.05) is 18.4 Å². The van der Waals surface area contributed by atoms with Crippen molar-refractivity contribution in [1.29, 1.82) is 0 Å². The number of halogens is 2. The van der Waals surface area contributed by atoms with Gasteiger partial charge in [0.15, 0.2) is 5.82 Å². The van der Waals surface area contributed by atoms with E-state index in [2.05, 4.69) is 4.98 Å². The molecule has 1 aromatic carbocycles. The number of hydrogen-bond donors (Lipinski definition) is 0. The third kappa shape index (κ3) is 2.12. The van der Waals surface area contributed by atoms with E-state index in [4.69, 9.17) is 16.3 Å². The summed E-state index contributed by atoms with van der Waals surface area (Å²) >= 11 is 5.65. The van der Waals surface area contributed by atoms with E-state index in [9.17, 15) is 9.18 Å². The number of carbonyl (C=O) groups excluding carboxylic acids is 1. The molecule has 3 nitrogen and oxygen atoms in total. The summed E-state index contributed by atoms with van der Waals surface area (Å²) in [6, 6.07) is 5.79. The van der Waals surface area contributed by atoms with Crippen molar-refractivity contribution in [3.05, 3.63) is 35.2 Å². The molecule has 2 rings (SSSR count). The number of ether oxygens (including phenoxy) is 1. The third-order valence-corrected chi connectivity index (χ3v) is 2.16. The average Bonchev–Trinajstić information content (AvgIpc) is 2.18. The molecule has 82 valence electrons. The molecule has 0 radical (unpaired) electrons. The summed E-state index contributed by atoms with van der Waals surface area (Å²) < 4.78 is 18.4. The number of carbonyl (C=O) groups is 1. The van der Waals surface area contributed by atoms with Gasteiger partial charge in [0.1, 0.15) is 16.4 Å². The lowest BCUT2D eigenvalue weighted by Gasteiger charge is -2.04. The summed E-state index contributed by atoms with van der Waals surface area (Å²) in [5.74, 6) is -0.918. The fourth-order valence-electron chi connectivity index (χ4n) is 1.37. The number of hydrogen-bond acceptors (Lipinski definition) is 3. The second-order valence-corrected chi connectivity index (χ2v) is 3.59. The fraction of sp³-hybridized carbons (Fsp3) is 0.0909. The number of fused-ring (bicyclic) bond motifs is 1. The van der Waals surface area contributed by atoms with Gasteiger partial charge in [-0.2, -0.15) is 0 Å². The van der Waals surface area contributed by atoms with Crippen molar-refractivity contribution in [3.8, 4) is 5.75 Å². The van der Waals surface area contributed by atoms with Crippen molar-refractivity contribution < 1.29 is 13.9 Å². The van der Waals surface area contributed by atoms with Crippen molar-refractivity contribution in [2.75, 3.05) is 0 Å². The Morgan fingerprint density at radius 2 is 2.19 bits per heavy atom. The van der Waals surface area contributed by atoms with Crippen molar-refractivity contribution in [1.82, 2.24) is 4.98 Å². The van der Waals surface area contributed by atoms with Crippen molar-refractivity contribution >= 4 is 28.5 Å². The quantitative estimate of drug-likeness (QED) is 0.436. The van der Waals surface area contributed by atoms with Gasteiger partial charge in [-0.3, -0.25) is 4.79 Å². The molecule has 0 fully saturated rings. The third-order valence-electron chi connectivity index (χ3n) is 1.95. The van der Waals surface area contributed by atoms with Crippen molar-refractivity contribution in [2.24, 2.45) is 0 Å². The Morgan fingerprint density at radius 1 is 1.44 bits per heavy atom. The van der Waals surface area contributed by atoms with Gasteiger partial charge in [0.05, 0.1) is 0 Å². The molecule has 0 atom stereocenters. The first-order chi connectivity index (χ1) is 7.56. The minimum Gasteiger partial charge on any atom is -0.427 e. The first-order valence-electron chi connectivity index (χ1n) is 4.50. The number of rotatable bonds is 1. The highest BCUT2D eigenvalue weighted by Crippen LogP contribution is 2.24. The Balaban J connectivity index is 2.59. The van der Waals surface area contributed by atoms with Crippen LogP contribution in [0.25, 0.3) is 10.9 Å². The van der Waals surface area contributed by atoms with E-state index in [1.165, 1.54) is 13.0 Å². The summed E-state index contributed by atoms with van der Waals surface area (Å²) in [5.41, 5.74) is 0.156. The summed E-state index contributed by atoms with van der Waals surface area (Å²) in [6.45, 7) is 1.25. The van der Waals surface area contributed by atoms with Gasteiger partial charge >= 0.3 is 5.97 Å².